The standard InChI is InChI=1S/C30H50O3/c1-25(2)21-12-17-29(7)22(27(21,5)15-13-23(25)31)10-9-19-20(11-16-28(19,29)6)30(8)18-14-24(33-30)26(3,4)32/h19-22,24,32H,9-18H2,1-8H3/t19-,20+,21+,22+,24-,27+,28-,29-,30+/m1/s1. The van der Waals surface area contributed by atoms with Gasteiger partial charge in [-0.15, -0.1) is 0 Å². The van der Waals surface area contributed by atoms with Crippen molar-refractivity contribution in [2.24, 2.45) is 45.3 Å². The summed E-state index contributed by atoms with van der Waals surface area (Å²) >= 11 is 0. The van der Waals surface area contributed by atoms with Crippen LogP contribution in [-0.2, 0) is 9.53 Å². The van der Waals surface area contributed by atoms with Crippen LogP contribution in [0.25, 0.3) is 0 Å². The Balaban J connectivity index is 1.45. The topological polar surface area (TPSA) is 46.5 Å². The highest BCUT2D eigenvalue weighted by Gasteiger charge is 2.70. The molecule has 1 aliphatic heterocycles. The number of aliphatic hydroxyl groups is 1. The lowest BCUT2D eigenvalue weighted by molar-refractivity contribution is -0.210. The third kappa shape index (κ3) is 3.09. The zero-order chi connectivity index (χ0) is 24.2. The van der Waals surface area contributed by atoms with E-state index < -0.39 is 5.60 Å². The molecule has 5 aliphatic rings. The summed E-state index contributed by atoms with van der Waals surface area (Å²) in [5.41, 5.74) is -0.0493. The number of hydrogen-bond acceptors (Lipinski definition) is 3. The second-order valence-electron chi connectivity index (χ2n) is 15.1. The molecule has 0 aromatic heterocycles. The van der Waals surface area contributed by atoms with Crippen molar-refractivity contribution in [3.63, 3.8) is 0 Å². The zero-order valence-corrected chi connectivity index (χ0v) is 22.7. The zero-order valence-electron chi connectivity index (χ0n) is 22.7. The van der Waals surface area contributed by atoms with Crippen molar-refractivity contribution in [1.82, 2.24) is 0 Å². The van der Waals surface area contributed by atoms with E-state index in [9.17, 15) is 9.90 Å². The third-order valence-electron chi connectivity index (χ3n) is 13.0. The lowest BCUT2D eigenvalue weighted by atomic mass is 9.35. The second-order valence-corrected chi connectivity index (χ2v) is 15.1. The average molecular weight is 459 g/mol. The molecule has 9 atom stereocenters. The molecule has 4 aliphatic carbocycles. The first-order valence-corrected chi connectivity index (χ1v) is 14.0. The summed E-state index contributed by atoms with van der Waals surface area (Å²) in [6.07, 6.45) is 11.6. The first kappa shape index (κ1) is 24.3. The van der Waals surface area contributed by atoms with Gasteiger partial charge in [-0.2, -0.15) is 0 Å². The number of fused-ring (bicyclic) bond motifs is 5. The number of rotatable bonds is 2. The molecule has 3 heteroatoms. The Morgan fingerprint density at radius 3 is 2.09 bits per heavy atom. The van der Waals surface area contributed by atoms with Gasteiger partial charge in [0.2, 0.25) is 0 Å². The molecule has 1 heterocycles. The van der Waals surface area contributed by atoms with E-state index in [1.807, 2.05) is 13.8 Å². The Morgan fingerprint density at radius 1 is 0.788 bits per heavy atom. The van der Waals surface area contributed by atoms with Crippen LogP contribution in [0.3, 0.4) is 0 Å². The third-order valence-corrected chi connectivity index (χ3v) is 13.0. The van der Waals surface area contributed by atoms with E-state index in [0.717, 1.165) is 31.6 Å². The summed E-state index contributed by atoms with van der Waals surface area (Å²) in [6, 6.07) is 0. The highest BCUT2D eigenvalue weighted by Crippen LogP contribution is 2.75. The Bertz CT molecular complexity index is 825. The quantitative estimate of drug-likeness (QED) is 0.487. The number of ketones is 1. The van der Waals surface area contributed by atoms with Gasteiger partial charge in [0.05, 0.1) is 17.3 Å². The first-order chi connectivity index (χ1) is 15.1. The largest absolute Gasteiger partial charge is 0.388 e. The van der Waals surface area contributed by atoms with Crippen LogP contribution in [-0.4, -0.2) is 28.2 Å². The Hall–Kier alpha value is -0.410. The lowest BCUT2D eigenvalue weighted by Gasteiger charge is -2.69. The predicted octanol–water partition coefficient (Wildman–Crippen LogP) is 6.95. The maximum absolute atomic E-state index is 12.9. The van der Waals surface area contributed by atoms with Crippen LogP contribution >= 0.6 is 0 Å². The van der Waals surface area contributed by atoms with Gasteiger partial charge in [0.1, 0.15) is 5.78 Å². The van der Waals surface area contributed by atoms with Gasteiger partial charge < -0.3 is 9.84 Å². The molecule has 0 aromatic carbocycles. The maximum Gasteiger partial charge on any atom is 0.138 e. The molecule has 33 heavy (non-hydrogen) atoms. The van der Waals surface area contributed by atoms with Crippen LogP contribution in [0.4, 0.5) is 0 Å². The van der Waals surface area contributed by atoms with Crippen molar-refractivity contribution in [2.45, 2.75) is 137 Å². The van der Waals surface area contributed by atoms with Gasteiger partial charge in [0.25, 0.3) is 0 Å². The van der Waals surface area contributed by atoms with Crippen molar-refractivity contribution in [2.75, 3.05) is 0 Å². The first-order valence-electron chi connectivity index (χ1n) is 14.0. The lowest BCUT2D eigenvalue weighted by Crippen LogP contribution is -2.63. The average Bonchev–Trinajstić information content (AvgIpc) is 3.27. The van der Waals surface area contributed by atoms with Crippen molar-refractivity contribution in [1.29, 1.82) is 0 Å². The van der Waals surface area contributed by atoms with E-state index in [1.54, 1.807) is 0 Å². The van der Waals surface area contributed by atoms with Crippen LogP contribution in [0.1, 0.15) is 120 Å². The van der Waals surface area contributed by atoms with Crippen molar-refractivity contribution >= 4 is 5.78 Å². The van der Waals surface area contributed by atoms with Gasteiger partial charge in [0.15, 0.2) is 0 Å². The summed E-state index contributed by atoms with van der Waals surface area (Å²) in [5, 5.41) is 10.6. The molecule has 188 valence electrons. The van der Waals surface area contributed by atoms with E-state index >= 15 is 0 Å². The van der Waals surface area contributed by atoms with Crippen LogP contribution in [0.5, 0.6) is 0 Å². The summed E-state index contributed by atoms with van der Waals surface area (Å²) in [6.45, 7) is 18.5. The number of carbonyl (C=O) groups is 1. The van der Waals surface area contributed by atoms with Crippen LogP contribution in [0.2, 0.25) is 0 Å². The molecule has 0 amide bonds. The van der Waals surface area contributed by atoms with Gasteiger partial charge in [-0.25, -0.2) is 0 Å². The maximum atomic E-state index is 12.9. The molecule has 0 spiro atoms. The van der Waals surface area contributed by atoms with E-state index in [1.165, 1.54) is 38.5 Å². The molecule has 0 aromatic rings. The molecule has 3 nitrogen and oxygen atoms in total. The number of ether oxygens (including phenoxy) is 1. The molecule has 5 rings (SSSR count). The molecule has 0 bridgehead atoms. The van der Waals surface area contributed by atoms with E-state index in [0.29, 0.717) is 34.4 Å². The summed E-state index contributed by atoms with van der Waals surface area (Å²) in [7, 11) is 0. The molecule has 1 N–H and O–H groups in total. The molecule has 1 saturated heterocycles. The minimum atomic E-state index is -0.762. The van der Waals surface area contributed by atoms with Gasteiger partial charge >= 0.3 is 0 Å². The monoisotopic (exact) mass is 458 g/mol. The number of carbonyl (C=O) groups excluding carboxylic acids is 1. The van der Waals surface area contributed by atoms with Crippen molar-refractivity contribution in [3.05, 3.63) is 0 Å². The number of Topliss-reactive ketones (excluding diaryl/α,β-unsaturated/α-hetero) is 1. The molecular formula is C30H50O3. The van der Waals surface area contributed by atoms with Gasteiger partial charge in [0, 0.05) is 11.8 Å². The molecule has 0 radical (unpaired) electrons. The Labute approximate surface area is 202 Å². The number of hydrogen-bond donors (Lipinski definition) is 1. The summed E-state index contributed by atoms with van der Waals surface area (Å²) in [5.74, 6) is 3.06. The fourth-order valence-electron chi connectivity index (χ4n) is 10.9. The van der Waals surface area contributed by atoms with Crippen molar-refractivity contribution < 1.29 is 14.6 Å². The van der Waals surface area contributed by atoms with E-state index in [-0.39, 0.29) is 22.5 Å². The van der Waals surface area contributed by atoms with Crippen molar-refractivity contribution in [3.8, 4) is 0 Å². The highest BCUT2D eigenvalue weighted by atomic mass is 16.5. The van der Waals surface area contributed by atoms with Gasteiger partial charge in [-0.3, -0.25) is 4.79 Å². The molecule has 4 saturated carbocycles. The summed E-state index contributed by atoms with van der Waals surface area (Å²) in [4.78, 5) is 12.9. The van der Waals surface area contributed by atoms with Gasteiger partial charge in [-0.05, 0) is 118 Å². The molecule has 5 fully saturated rings. The van der Waals surface area contributed by atoms with E-state index in [2.05, 4.69) is 41.5 Å². The van der Waals surface area contributed by atoms with E-state index in [4.69, 9.17) is 4.74 Å². The SMILES string of the molecule is CC(C)(O)[C@H]1CC[C@@](C)([C@H]2CC[C@]3(C)[C@@H]2CC[C@H]2[C@@]4(C)CCC(=O)C(C)(C)[C@@H]4CC[C@]23C)O1. The highest BCUT2D eigenvalue weighted by molar-refractivity contribution is 5.85. The van der Waals surface area contributed by atoms with Crippen LogP contribution < -0.4 is 0 Å². The fourth-order valence-corrected chi connectivity index (χ4v) is 10.9. The minimum absolute atomic E-state index is 0.0439. The Morgan fingerprint density at radius 2 is 1.45 bits per heavy atom. The summed E-state index contributed by atoms with van der Waals surface area (Å²) < 4.78 is 6.72. The Kier molecular flexibility index (Phi) is 5.22. The second kappa shape index (κ2) is 7.09. The van der Waals surface area contributed by atoms with Gasteiger partial charge in [-0.1, -0.05) is 34.6 Å². The van der Waals surface area contributed by atoms with Crippen LogP contribution in [0.15, 0.2) is 0 Å². The fraction of sp³-hybridized carbons (Fsp3) is 0.967. The minimum Gasteiger partial charge on any atom is -0.388 e. The predicted molar refractivity (Wildman–Crippen MR) is 133 cm³/mol. The molecular weight excluding hydrogens is 408 g/mol. The normalized spacial score (nSPS) is 54.0. The smallest absolute Gasteiger partial charge is 0.138 e. The van der Waals surface area contributed by atoms with Crippen LogP contribution in [0, 0.1) is 45.3 Å². The molecule has 0 unspecified atom stereocenters.